The zero-order valence-corrected chi connectivity index (χ0v) is 16.3. The van der Waals surface area contributed by atoms with Crippen LogP contribution in [0.25, 0.3) is 11.3 Å². The van der Waals surface area contributed by atoms with Crippen molar-refractivity contribution in [3.05, 3.63) is 39.7 Å². The molecule has 2 aromatic rings. The first-order valence-electron chi connectivity index (χ1n) is 6.39. The number of nitrogens with zero attached hydrogens (tertiary/aromatic N) is 2. The van der Waals surface area contributed by atoms with Crippen LogP contribution in [0.1, 0.15) is 0 Å². The molecule has 0 atom stereocenters. The zero-order valence-electron chi connectivity index (χ0n) is 12.3. The van der Waals surface area contributed by atoms with Gasteiger partial charge in [-0.2, -0.15) is 30.7 Å². The molecule has 0 N–H and O–H groups in total. The second kappa shape index (κ2) is 6.95. The van der Waals surface area contributed by atoms with E-state index in [1.807, 2.05) is 0 Å². The first-order valence-corrected chi connectivity index (χ1v) is 9.46. The van der Waals surface area contributed by atoms with E-state index in [0.29, 0.717) is 6.07 Å². The number of hydrogen-bond acceptors (Lipinski definition) is 4. The summed E-state index contributed by atoms with van der Waals surface area (Å²) in [6.45, 7) is 0. The molecule has 1 aromatic carbocycles. The fraction of sp³-hybridized carbons (Fsp3) is 0.231. The Balaban J connectivity index is 2.85. The summed E-state index contributed by atoms with van der Waals surface area (Å²) in [4.78, 5) is 5.72. The van der Waals surface area contributed by atoms with Gasteiger partial charge < -0.3 is 0 Å². The molecule has 0 bridgehead atoms. The van der Waals surface area contributed by atoms with Gasteiger partial charge in [0.25, 0.3) is 9.84 Å². The fourth-order valence-electron chi connectivity index (χ4n) is 1.85. The summed E-state index contributed by atoms with van der Waals surface area (Å²) in [6.07, 6.45) is -3.74. The van der Waals surface area contributed by atoms with Gasteiger partial charge in [0, 0.05) is 33.0 Å². The van der Waals surface area contributed by atoms with Crippen LogP contribution in [0.2, 0.25) is 0 Å². The van der Waals surface area contributed by atoms with Gasteiger partial charge in [-0.15, -0.1) is 0 Å². The van der Waals surface area contributed by atoms with Gasteiger partial charge in [0.2, 0.25) is 0 Å². The van der Waals surface area contributed by atoms with Crippen molar-refractivity contribution >= 4 is 41.7 Å². The molecule has 14 heteroatoms. The highest BCUT2D eigenvalue weighted by molar-refractivity contribution is 9.11. The highest BCUT2D eigenvalue weighted by atomic mass is 79.9. The molecule has 1 aromatic heterocycles. The number of hydrogen-bond donors (Lipinski definition) is 0. The van der Waals surface area contributed by atoms with E-state index in [9.17, 15) is 39.2 Å². The molecule has 0 aliphatic heterocycles. The van der Waals surface area contributed by atoms with Crippen molar-refractivity contribution in [3.8, 4) is 11.3 Å². The topological polar surface area (TPSA) is 59.9 Å². The lowest BCUT2D eigenvalue weighted by Crippen LogP contribution is -2.56. The molecule has 0 amide bonds. The second-order valence-corrected chi connectivity index (χ2v) is 8.46. The molecule has 1 radical (unpaired) electrons. The van der Waals surface area contributed by atoms with Crippen molar-refractivity contribution in [2.75, 3.05) is 0 Å². The van der Waals surface area contributed by atoms with Gasteiger partial charge in [0.1, 0.15) is 0 Å². The Kier molecular flexibility index (Phi) is 5.67. The van der Waals surface area contributed by atoms with Gasteiger partial charge in [-0.05, 0) is 22.0 Å². The maximum Gasteiger partial charge on any atom is 0.461 e. The van der Waals surface area contributed by atoms with Gasteiger partial charge in [0.15, 0.2) is 0 Å². The lowest BCUT2D eigenvalue weighted by molar-refractivity contribution is -0.332. The molecular formula is C13H4Br2F7N2O2S. The molecule has 0 saturated carbocycles. The summed E-state index contributed by atoms with van der Waals surface area (Å²) in [5.74, 6) is -6.85. The summed E-state index contributed by atoms with van der Waals surface area (Å²) < 4.78 is 116. The third-order valence-corrected chi connectivity index (χ3v) is 5.98. The van der Waals surface area contributed by atoms with Crippen molar-refractivity contribution in [2.24, 2.45) is 0 Å². The smallest absolute Gasteiger partial charge is 0.261 e. The van der Waals surface area contributed by atoms with Crippen LogP contribution in [0, 0.1) is 6.07 Å². The zero-order chi connectivity index (χ0) is 20.8. The Morgan fingerprint density at radius 3 is 2.07 bits per heavy atom. The van der Waals surface area contributed by atoms with Gasteiger partial charge >= 0.3 is 17.4 Å². The lowest BCUT2D eigenvalue weighted by atomic mass is 10.1. The molecule has 0 aliphatic rings. The number of sulfone groups is 1. The molecule has 0 unspecified atom stereocenters. The molecule has 4 nitrogen and oxygen atoms in total. The van der Waals surface area contributed by atoms with Gasteiger partial charge in [-0.3, -0.25) is 9.97 Å². The van der Waals surface area contributed by atoms with Crippen LogP contribution < -0.4 is 0 Å². The van der Waals surface area contributed by atoms with E-state index < -0.39 is 37.6 Å². The van der Waals surface area contributed by atoms with Crippen LogP contribution in [-0.4, -0.2) is 35.7 Å². The standard InChI is InChI=1S/C13H4Br2F7N2O2S/c14-6-3-7(15)10(8-5-23-1-2-24-8)9(4-6)27(25,26)13(21,22)11(16,17)12(18,19)20/h1-2,4-5H. The van der Waals surface area contributed by atoms with Crippen LogP contribution >= 0.6 is 31.9 Å². The Bertz CT molecular complexity index is 967. The monoisotopic (exact) mass is 543 g/mol. The third kappa shape index (κ3) is 3.58. The van der Waals surface area contributed by atoms with Crippen LogP contribution in [0.3, 0.4) is 0 Å². The molecule has 2 rings (SSSR count). The molecule has 0 saturated heterocycles. The van der Waals surface area contributed by atoms with E-state index in [2.05, 4.69) is 47.9 Å². The first kappa shape index (κ1) is 22.0. The highest BCUT2D eigenvalue weighted by Crippen LogP contribution is 2.52. The molecule has 1 heterocycles. The van der Waals surface area contributed by atoms with E-state index in [-0.39, 0.29) is 14.6 Å². The number of halogens is 9. The van der Waals surface area contributed by atoms with E-state index in [1.165, 1.54) is 0 Å². The van der Waals surface area contributed by atoms with E-state index in [0.717, 1.165) is 18.6 Å². The predicted octanol–water partition coefficient (Wildman–Crippen LogP) is 5.03. The Labute approximate surface area is 164 Å². The molecule has 147 valence electrons. The number of alkyl halides is 7. The average molecular weight is 545 g/mol. The Morgan fingerprint density at radius 1 is 1.00 bits per heavy atom. The average Bonchev–Trinajstić information content (AvgIpc) is 2.53. The first-order chi connectivity index (χ1) is 12.1. The molecule has 0 fully saturated rings. The van der Waals surface area contributed by atoms with Crippen LogP contribution in [-0.2, 0) is 9.84 Å². The fourth-order valence-corrected chi connectivity index (χ4v) is 4.93. The maximum atomic E-state index is 14.0. The minimum Gasteiger partial charge on any atom is -0.261 e. The summed E-state index contributed by atoms with van der Waals surface area (Å²) in [6, 6.07) is 2.84. The van der Waals surface area contributed by atoms with Gasteiger partial charge in [-0.1, -0.05) is 15.9 Å². The highest BCUT2D eigenvalue weighted by Gasteiger charge is 2.78. The molecule has 0 aliphatic carbocycles. The molecular weight excluding hydrogens is 541 g/mol. The van der Waals surface area contributed by atoms with E-state index in [1.54, 1.807) is 0 Å². The maximum absolute atomic E-state index is 14.0. The Morgan fingerprint density at radius 2 is 1.59 bits per heavy atom. The minimum atomic E-state index is -6.85. The lowest BCUT2D eigenvalue weighted by Gasteiger charge is -2.28. The quantitative estimate of drug-likeness (QED) is 0.506. The predicted molar refractivity (Wildman–Crippen MR) is 84.8 cm³/mol. The SMILES string of the molecule is O=S(=O)(c1cc(Br)[c]c(Br)c1-c1cnccn1)C(F)(F)C(F)(F)C(F)(F)F. The van der Waals surface area contributed by atoms with Crippen molar-refractivity contribution in [3.63, 3.8) is 0 Å². The molecule has 27 heavy (non-hydrogen) atoms. The number of benzene rings is 1. The van der Waals surface area contributed by atoms with E-state index in [4.69, 9.17) is 0 Å². The summed E-state index contributed by atoms with van der Waals surface area (Å²) in [5, 5.41) is -6.50. The summed E-state index contributed by atoms with van der Waals surface area (Å²) >= 11 is 5.54. The van der Waals surface area contributed by atoms with Crippen molar-refractivity contribution in [2.45, 2.75) is 22.2 Å². The summed E-state index contributed by atoms with van der Waals surface area (Å²) in [7, 11) is -6.55. The van der Waals surface area contributed by atoms with Crippen LogP contribution in [0.15, 0.2) is 38.5 Å². The largest absolute Gasteiger partial charge is 0.461 e. The van der Waals surface area contributed by atoms with E-state index >= 15 is 0 Å². The van der Waals surface area contributed by atoms with Crippen LogP contribution in [0.5, 0.6) is 0 Å². The number of aromatic nitrogens is 2. The summed E-state index contributed by atoms with van der Waals surface area (Å²) in [5.41, 5.74) is -1.08. The van der Waals surface area contributed by atoms with Crippen LogP contribution in [0.4, 0.5) is 30.7 Å². The van der Waals surface area contributed by atoms with Gasteiger partial charge in [-0.25, -0.2) is 8.42 Å². The van der Waals surface area contributed by atoms with Crippen molar-refractivity contribution < 1.29 is 39.2 Å². The third-order valence-electron chi connectivity index (χ3n) is 3.12. The normalized spacial score (nSPS) is 13.7. The molecule has 0 spiro atoms. The Hall–Kier alpha value is -1.28. The number of rotatable bonds is 4. The van der Waals surface area contributed by atoms with Gasteiger partial charge in [0.05, 0.1) is 16.8 Å². The second-order valence-electron chi connectivity index (χ2n) is 4.85. The van der Waals surface area contributed by atoms with Crippen molar-refractivity contribution in [1.82, 2.24) is 9.97 Å². The minimum absolute atomic E-state index is 0.299. The van der Waals surface area contributed by atoms with Crippen molar-refractivity contribution in [1.29, 1.82) is 0 Å².